The lowest BCUT2D eigenvalue weighted by Gasteiger charge is -2.51. The molecule has 0 aliphatic heterocycles. The molecule has 0 amide bonds. The van der Waals surface area contributed by atoms with Gasteiger partial charge in [0.2, 0.25) is 0 Å². The van der Waals surface area contributed by atoms with Gasteiger partial charge in [-0.05, 0) is 103 Å². The second kappa shape index (κ2) is 6.89. The Kier molecular flexibility index (Phi) is 4.48. The van der Waals surface area contributed by atoms with Crippen molar-refractivity contribution in [2.24, 2.45) is 23.2 Å². The minimum absolute atomic E-state index is 0.497. The van der Waals surface area contributed by atoms with Crippen LogP contribution in [0.3, 0.4) is 0 Å². The van der Waals surface area contributed by atoms with Crippen molar-refractivity contribution in [1.82, 2.24) is 14.8 Å². The highest BCUT2D eigenvalue weighted by Gasteiger charge is 2.54. The SMILES string of the molecule is CCc1cc2c(cc1O)CCC1C2CC[C@@]2(C)C1CC[C@@H]2CCn1cnnc1. The highest BCUT2D eigenvalue weighted by atomic mass is 16.3. The zero-order chi connectivity index (χ0) is 19.3. The number of aromatic hydroxyl groups is 1. The molecule has 2 fully saturated rings. The Morgan fingerprint density at radius 2 is 1.96 bits per heavy atom. The quantitative estimate of drug-likeness (QED) is 0.803. The summed E-state index contributed by atoms with van der Waals surface area (Å²) < 4.78 is 2.14. The summed E-state index contributed by atoms with van der Waals surface area (Å²) in [6, 6.07) is 4.43. The average Bonchev–Trinajstić information content (AvgIpc) is 3.32. The molecule has 1 heterocycles. The maximum absolute atomic E-state index is 10.3. The number of phenols is 1. The van der Waals surface area contributed by atoms with E-state index in [9.17, 15) is 5.11 Å². The van der Waals surface area contributed by atoms with Crippen LogP contribution in [0, 0.1) is 23.2 Å². The minimum Gasteiger partial charge on any atom is -0.508 e. The predicted octanol–water partition coefficient (Wildman–Crippen LogP) is 5.11. The molecule has 0 spiro atoms. The molecule has 3 aliphatic rings. The summed E-state index contributed by atoms with van der Waals surface area (Å²) in [6.45, 7) is 5.80. The molecule has 2 aromatic rings. The number of aromatic nitrogens is 3. The number of aryl methyl sites for hydroxylation is 3. The first kappa shape index (κ1) is 18.2. The molecule has 5 rings (SSSR count). The van der Waals surface area contributed by atoms with E-state index in [0.717, 1.165) is 42.7 Å². The zero-order valence-electron chi connectivity index (χ0n) is 17.3. The standard InChI is InChI=1S/C24H33N3O/c1-3-16-12-21-17(13-23(16)28)4-6-20-19(21)8-10-24(2)18(5-7-22(20)24)9-11-27-14-25-26-15-27/h12-15,18-20,22,28H,3-11H2,1-2H3/t18-,19?,20?,22?,24-/m1/s1. The van der Waals surface area contributed by atoms with Crippen molar-refractivity contribution in [1.29, 1.82) is 0 Å². The predicted molar refractivity (Wildman–Crippen MR) is 110 cm³/mol. The van der Waals surface area contributed by atoms with Crippen LogP contribution in [-0.4, -0.2) is 19.9 Å². The van der Waals surface area contributed by atoms with Gasteiger partial charge < -0.3 is 9.67 Å². The highest BCUT2D eigenvalue weighted by molar-refractivity contribution is 5.45. The van der Waals surface area contributed by atoms with Gasteiger partial charge in [0, 0.05) is 6.54 Å². The van der Waals surface area contributed by atoms with Crippen molar-refractivity contribution in [3.63, 3.8) is 0 Å². The van der Waals surface area contributed by atoms with E-state index in [1.165, 1.54) is 44.1 Å². The largest absolute Gasteiger partial charge is 0.508 e. The topological polar surface area (TPSA) is 50.9 Å². The smallest absolute Gasteiger partial charge is 0.119 e. The molecule has 0 radical (unpaired) electrons. The summed E-state index contributed by atoms with van der Waals surface area (Å²) in [5.74, 6) is 3.75. The molecule has 3 unspecified atom stereocenters. The third-order valence-electron chi connectivity index (χ3n) is 8.70. The Bertz CT molecular complexity index is 846. The van der Waals surface area contributed by atoms with Crippen LogP contribution < -0.4 is 0 Å². The summed E-state index contributed by atoms with van der Waals surface area (Å²) >= 11 is 0. The summed E-state index contributed by atoms with van der Waals surface area (Å²) in [5, 5.41) is 18.2. The van der Waals surface area contributed by atoms with Gasteiger partial charge in [0.15, 0.2) is 0 Å². The molecule has 0 bridgehead atoms. The average molecular weight is 380 g/mol. The molecule has 3 aliphatic carbocycles. The van der Waals surface area contributed by atoms with E-state index in [4.69, 9.17) is 0 Å². The van der Waals surface area contributed by atoms with Crippen LogP contribution in [0.1, 0.15) is 75.0 Å². The molecule has 150 valence electrons. The monoisotopic (exact) mass is 379 g/mol. The molecule has 0 saturated heterocycles. The molecular formula is C24H33N3O. The lowest BCUT2D eigenvalue weighted by atomic mass is 9.54. The van der Waals surface area contributed by atoms with Gasteiger partial charge in [-0.25, -0.2) is 0 Å². The van der Waals surface area contributed by atoms with Gasteiger partial charge in [-0.3, -0.25) is 0 Å². The van der Waals surface area contributed by atoms with Gasteiger partial charge in [0.1, 0.15) is 18.4 Å². The third-order valence-corrected chi connectivity index (χ3v) is 8.70. The minimum atomic E-state index is 0.497. The van der Waals surface area contributed by atoms with Crippen LogP contribution in [-0.2, 0) is 19.4 Å². The summed E-state index contributed by atoms with van der Waals surface area (Å²) in [4.78, 5) is 0. The van der Waals surface area contributed by atoms with Crippen LogP contribution in [0.25, 0.3) is 0 Å². The van der Waals surface area contributed by atoms with E-state index in [-0.39, 0.29) is 0 Å². The first-order valence-corrected chi connectivity index (χ1v) is 11.3. The highest BCUT2D eigenvalue weighted by Crippen LogP contribution is 2.63. The third kappa shape index (κ3) is 2.79. The van der Waals surface area contributed by atoms with Crippen molar-refractivity contribution in [3.05, 3.63) is 41.5 Å². The maximum atomic E-state index is 10.3. The van der Waals surface area contributed by atoms with Crippen molar-refractivity contribution < 1.29 is 5.11 Å². The molecule has 4 nitrogen and oxygen atoms in total. The van der Waals surface area contributed by atoms with Gasteiger partial charge in [0.05, 0.1) is 0 Å². The van der Waals surface area contributed by atoms with E-state index in [1.54, 1.807) is 5.56 Å². The molecular weight excluding hydrogens is 346 g/mol. The molecule has 28 heavy (non-hydrogen) atoms. The number of fused-ring (bicyclic) bond motifs is 5. The Morgan fingerprint density at radius 3 is 2.75 bits per heavy atom. The van der Waals surface area contributed by atoms with E-state index >= 15 is 0 Å². The van der Waals surface area contributed by atoms with Crippen LogP contribution in [0.5, 0.6) is 5.75 Å². The Morgan fingerprint density at radius 1 is 1.14 bits per heavy atom. The molecule has 1 N–H and O–H groups in total. The number of benzene rings is 1. The Labute approximate surface area is 168 Å². The molecule has 4 heteroatoms. The van der Waals surface area contributed by atoms with Crippen molar-refractivity contribution in [3.8, 4) is 5.75 Å². The van der Waals surface area contributed by atoms with Crippen LogP contribution in [0.15, 0.2) is 24.8 Å². The van der Waals surface area contributed by atoms with Gasteiger partial charge in [-0.15, -0.1) is 10.2 Å². The fourth-order valence-electron chi connectivity index (χ4n) is 7.16. The van der Waals surface area contributed by atoms with E-state index in [2.05, 4.69) is 40.7 Å². The molecule has 5 atom stereocenters. The van der Waals surface area contributed by atoms with Gasteiger partial charge >= 0.3 is 0 Å². The second-order valence-electron chi connectivity index (χ2n) is 9.76. The summed E-state index contributed by atoms with van der Waals surface area (Å²) in [7, 11) is 0. The molecule has 2 saturated carbocycles. The van der Waals surface area contributed by atoms with E-state index in [1.807, 2.05) is 12.7 Å². The van der Waals surface area contributed by atoms with Gasteiger partial charge in [-0.1, -0.05) is 19.9 Å². The fourth-order valence-corrected chi connectivity index (χ4v) is 7.16. The second-order valence-corrected chi connectivity index (χ2v) is 9.76. The van der Waals surface area contributed by atoms with Crippen LogP contribution >= 0.6 is 0 Å². The zero-order valence-corrected chi connectivity index (χ0v) is 17.3. The Hall–Kier alpha value is -1.84. The van der Waals surface area contributed by atoms with Gasteiger partial charge in [0.25, 0.3) is 0 Å². The number of hydrogen-bond acceptors (Lipinski definition) is 3. The maximum Gasteiger partial charge on any atom is 0.119 e. The molecule has 1 aromatic carbocycles. The van der Waals surface area contributed by atoms with E-state index in [0.29, 0.717) is 17.1 Å². The van der Waals surface area contributed by atoms with Crippen molar-refractivity contribution >= 4 is 0 Å². The summed E-state index contributed by atoms with van der Waals surface area (Å²) in [6.07, 6.45) is 13.8. The first-order chi connectivity index (χ1) is 13.6. The normalized spacial score (nSPS) is 33.9. The van der Waals surface area contributed by atoms with E-state index < -0.39 is 0 Å². The number of hydrogen-bond donors (Lipinski definition) is 1. The Balaban J connectivity index is 1.37. The van der Waals surface area contributed by atoms with Crippen LogP contribution in [0.4, 0.5) is 0 Å². The fraction of sp³-hybridized carbons (Fsp3) is 0.667. The number of nitrogens with zero attached hydrogens (tertiary/aromatic N) is 3. The number of phenolic OH excluding ortho intramolecular Hbond substituents is 1. The molecule has 1 aromatic heterocycles. The van der Waals surface area contributed by atoms with Crippen LogP contribution in [0.2, 0.25) is 0 Å². The van der Waals surface area contributed by atoms with Crippen molar-refractivity contribution in [2.45, 2.75) is 77.7 Å². The summed E-state index contributed by atoms with van der Waals surface area (Å²) in [5.41, 5.74) is 4.62. The van der Waals surface area contributed by atoms with Crippen molar-refractivity contribution in [2.75, 3.05) is 0 Å². The lowest BCUT2D eigenvalue weighted by Crippen LogP contribution is -2.42. The lowest BCUT2D eigenvalue weighted by molar-refractivity contribution is 0.0246. The van der Waals surface area contributed by atoms with Gasteiger partial charge in [-0.2, -0.15) is 0 Å². The first-order valence-electron chi connectivity index (χ1n) is 11.3. The number of rotatable bonds is 4.